The number of nitro groups is 1. The van der Waals surface area contributed by atoms with Crippen LogP contribution in [0.15, 0.2) is 36.4 Å². The zero-order valence-electron chi connectivity index (χ0n) is 18.9. The Kier molecular flexibility index (Phi) is 7.23. The van der Waals surface area contributed by atoms with Crippen molar-refractivity contribution in [1.29, 1.82) is 0 Å². The highest BCUT2D eigenvalue weighted by atomic mass is 32.1. The van der Waals surface area contributed by atoms with Crippen molar-refractivity contribution in [2.45, 2.75) is 33.2 Å². The van der Waals surface area contributed by atoms with Crippen LogP contribution in [0.4, 0.5) is 16.5 Å². The van der Waals surface area contributed by atoms with Crippen LogP contribution >= 0.6 is 22.7 Å². The normalized spacial score (nSPS) is 14.1. The van der Waals surface area contributed by atoms with E-state index in [1.165, 1.54) is 24.3 Å². The fraction of sp³-hybridized carbons (Fsp3) is 0.348. The molecule has 34 heavy (non-hydrogen) atoms. The molecule has 1 saturated heterocycles. The predicted octanol–water partition coefficient (Wildman–Crippen LogP) is 4.58. The maximum Gasteiger partial charge on any atom is 0.292 e. The SMILES string of the molecule is CC(=O)NCc1ccc(-c2nc(NC(=O)C3CCN(c4ccccc4[N+](=O)[O-])CC3)sc2C)s1. The summed E-state index contributed by atoms with van der Waals surface area (Å²) in [4.78, 5) is 44.6. The maximum absolute atomic E-state index is 12.9. The van der Waals surface area contributed by atoms with Crippen molar-refractivity contribution in [2.24, 2.45) is 5.92 Å². The Labute approximate surface area is 205 Å². The molecule has 0 bridgehead atoms. The summed E-state index contributed by atoms with van der Waals surface area (Å²) in [6.07, 6.45) is 1.24. The Morgan fingerprint density at radius 2 is 1.91 bits per heavy atom. The highest BCUT2D eigenvalue weighted by Crippen LogP contribution is 2.36. The first kappa shape index (κ1) is 23.8. The first-order valence-electron chi connectivity index (χ1n) is 10.9. The fourth-order valence-corrected chi connectivity index (χ4v) is 5.86. The van der Waals surface area contributed by atoms with Gasteiger partial charge in [0.2, 0.25) is 11.8 Å². The number of benzene rings is 1. The Hall–Kier alpha value is -3.31. The molecule has 0 unspecified atom stereocenters. The zero-order valence-corrected chi connectivity index (χ0v) is 20.5. The molecule has 0 aliphatic carbocycles. The quantitative estimate of drug-likeness (QED) is 0.363. The van der Waals surface area contributed by atoms with Crippen molar-refractivity contribution in [3.05, 3.63) is 56.3 Å². The van der Waals surface area contributed by atoms with E-state index in [2.05, 4.69) is 15.6 Å². The second-order valence-electron chi connectivity index (χ2n) is 8.10. The van der Waals surface area contributed by atoms with Gasteiger partial charge in [-0.2, -0.15) is 0 Å². The van der Waals surface area contributed by atoms with E-state index in [9.17, 15) is 19.7 Å². The number of hydrogen-bond acceptors (Lipinski definition) is 8. The number of thiophene rings is 1. The van der Waals surface area contributed by atoms with Gasteiger partial charge in [-0.05, 0) is 38.0 Å². The lowest BCUT2D eigenvalue weighted by molar-refractivity contribution is -0.384. The third-order valence-corrected chi connectivity index (χ3v) is 7.70. The van der Waals surface area contributed by atoms with E-state index in [0.29, 0.717) is 43.3 Å². The van der Waals surface area contributed by atoms with Crippen LogP contribution in [0.2, 0.25) is 0 Å². The average molecular weight is 500 g/mol. The number of aromatic nitrogens is 1. The van der Waals surface area contributed by atoms with E-state index in [-0.39, 0.29) is 28.3 Å². The van der Waals surface area contributed by atoms with Gasteiger partial charge in [0.05, 0.1) is 22.0 Å². The standard InChI is InChI=1S/C23H25N5O4S2/c1-14-21(20-8-7-17(34-20)13-24-15(2)29)25-23(33-14)26-22(30)16-9-11-27(12-10-16)18-5-3-4-6-19(18)28(31)32/h3-8,16H,9-13H2,1-2H3,(H,24,29)(H,25,26,30). The molecule has 11 heteroatoms. The molecule has 3 aromatic rings. The number of hydrogen-bond donors (Lipinski definition) is 2. The largest absolute Gasteiger partial charge is 0.366 e. The number of carbonyl (C=O) groups excluding carboxylic acids is 2. The van der Waals surface area contributed by atoms with Crippen molar-refractivity contribution >= 4 is 51.0 Å². The molecule has 0 spiro atoms. The van der Waals surface area contributed by atoms with E-state index < -0.39 is 0 Å². The van der Waals surface area contributed by atoms with Gasteiger partial charge in [-0.15, -0.1) is 22.7 Å². The topological polar surface area (TPSA) is 117 Å². The van der Waals surface area contributed by atoms with Gasteiger partial charge < -0.3 is 15.5 Å². The molecule has 0 saturated carbocycles. The van der Waals surface area contributed by atoms with Crippen LogP contribution in [0.5, 0.6) is 0 Å². The van der Waals surface area contributed by atoms with Crippen LogP contribution in [0.25, 0.3) is 10.6 Å². The van der Waals surface area contributed by atoms with Crippen LogP contribution in [0.1, 0.15) is 29.5 Å². The number of carbonyl (C=O) groups is 2. The van der Waals surface area contributed by atoms with Crippen LogP contribution in [-0.2, 0) is 16.1 Å². The summed E-state index contributed by atoms with van der Waals surface area (Å²) in [5.41, 5.74) is 1.52. The fourth-order valence-electron chi connectivity index (χ4n) is 3.97. The van der Waals surface area contributed by atoms with Crippen LogP contribution in [0, 0.1) is 23.0 Å². The molecule has 0 radical (unpaired) electrons. The summed E-state index contributed by atoms with van der Waals surface area (Å²) in [5.74, 6) is -0.310. The summed E-state index contributed by atoms with van der Waals surface area (Å²) in [6.45, 7) is 5.11. The van der Waals surface area contributed by atoms with Crippen molar-refractivity contribution in [3.63, 3.8) is 0 Å². The third kappa shape index (κ3) is 5.42. The van der Waals surface area contributed by atoms with Gasteiger partial charge in [0.15, 0.2) is 5.13 Å². The first-order chi connectivity index (χ1) is 16.3. The van der Waals surface area contributed by atoms with E-state index >= 15 is 0 Å². The van der Waals surface area contributed by atoms with Gasteiger partial charge in [-0.25, -0.2) is 4.98 Å². The number of aryl methyl sites for hydroxylation is 1. The second-order valence-corrected chi connectivity index (χ2v) is 10.5. The van der Waals surface area contributed by atoms with Crippen molar-refractivity contribution in [2.75, 3.05) is 23.3 Å². The summed E-state index contributed by atoms with van der Waals surface area (Å²) >= 11 is 3.01. The Morgan fingerprint density at radius 1 is 1.18 bits per heavy atom. The van der Waals surface area contributed by atoms with Crippen LogP contribution < -0.4 is 15.5 Å². The molecule has 1 aromatic carbocycles. The van der Waals surface area contributed by atoms with Gasteiger partial charge in [-0.3, -0.25) is 19.7 Å². The molecule has 1 fully saturated rings. The van der Waals surface area contributed by atoms with Crippen molar-refractivity contribution in [3.8, 4) is 10.6 Å². The number of nitrogens with one attached hydrogen (secondary N) is 2. The second kappa shape index (κ2) is 10.3. The summed E-state index contributed by atoms with van der Waals surface area (Å²) in [7, 11) is 0. The first-order valence-corrected chi connectivity index (χ1v) is 12.6. The molecule has 3 heterocycles. The Morgan fingerprint density at radius 3 is 2.62 bits per heavy atom. The van der Waals surface area contributed by atoms with E-state index in [0.717, 1.165) is 20.3 Å². The summed E-state index contributed by atoms with van der Waals surface area (Å²) < 4.78 is 0. The number of para-hydroxylation sites is 2. The summed E-state index contributed by atoms with van der Waals surface area (Å²) in [5, 5.41) is 17.6. The van der Waals surface area contributed by atoms with Gasteiger partial charge in [0, 0.05) is 41.8 Å². The number of nitrogens with zero attached hydrogens (tertiary/aromatic N) is 3. The van der Waals surface area contributed by atoms with Crippen molar-refractivity contribution < 1.29 is 14.5 Å². The molecular formula is C23H25N5O4S2. The molecule has 2 amide bonds. The molecular weight excluding hydrogens is 474 g/mol. The number of rotatable bonds is 7. The number of nitro benzene ring substituents is 1. The maximum atomic E-state index is 12.9. The van der Waals surface area contributed by atoms with E-state index in [1.807, 2.05) is 24.0 Å². The minimum absolute atomic E-state index is 0.0694. The molecule has 4 rings (SSSR count). The molecule has 1 aliphatic heterocycles. The molecule has 9 nitrogen and oxygen atoms in total. The van der Waals surface area contributed by atoms with Crippen LogP contribution in [-0.4, -0.2) is 34.8 Å². The molecule has 2 aromatic heterocycles. The summed E-state index contributed by atoms with van der Waals surface area (Å²) in [6, 6.07) is 10.7. The lowest BCUT2D eigenvalue weighted by Gasteiger charge is -2.32. The van der Waals surface area contributed by atoms with Crippen LogP contribution in [0.3, 0.4) is 0 Å². The average Bonchev–Trinajstić information content (AvgIpc) is 3.43. The highest BCUT2D eigenvalue weighted by Gasteiger charge is 2.28. The van der Waals surface area contributed by atoms with Gasteiger partial charge in [0.25, 0.3) is 5.69 Å². The highest BCUT2D eigenvalue weighted by molar-refractivity contribution is 7.18. The zero-order chi connectivity index (χ0) is 24.2. The van der Waals surface area contributed by atoms with Gasteiger partial charge in [-0.1, -0.05) is 12.1 Å². The minimum Gasteiger partial charge on any atom is -0.366 e. The number of anilines is 2. The van der Waals surface area contributed by atoms with E-state index in [1.54, 1.807) is 29.5 Å². The Balaban J connectivity index is 1.36. The monoisotopic (exact) mass is 499 g/mol. The lowest BCUT2D eigenvalue weighted by atomic mass is 9.95. The number of piperidine rings is 1. The number of thiazole rings is 1. The van der Waals surface area contributed by atoms with Gasteiger partial charge in [0.1, 0.15) is 5.69 Å². The van der Waals surface area contributed by atoms with Gasteiger partial charge >= 0.3 is 0 Å². The minimum atomic E-state index is -0.368. The van der Waals surface area contributed by atoms with E-state index in [4.69, 9.17) is 0 Å². The predicted molar refractivity (Wildman–Crippen MR) is 134 cm³/mol. The molecule has 178 valence electrons. The number of amides is 2. The Bertz CT molecular complexity index is 1210. The van der Waals surface area contributed by atoms with Crippen molar-refractivity contribution in [1.82, 2.24) is 10.3 Å². The third-order valence-electron chi connectivity index (χ3n) is 5.72. The molecule has 0 atom stereocenters. The molecule has 2 N–H and O–H groups in total. The smallest absolute Gasteiger partial charge is 0.292 e. The molecule has 1 aliphatic rings. The lowest BCUT2D eigenvalue weighted by Crippen LogP contribution is -2.38.